The largest absolute Gasteiger partial charge is 0.388 e. The van der Waals surface area contributed by atoms with Crippen LogP contribution in [0.3, 0.4) is 0 Å². The number of hydrogen-bond acceptors (Lipinski definition) is 3. The monoisotopic (exact) mass is 231 g/mol. The molecule has 0 atom stereocenters. The van der Waals surface area contributed by atoms with Crippen LogP contribution in [0.25, 0.3) is 0 Å². The van der Waals surface area contributed by atoms with Crippen molar-refractivity contribution in [3.8, 4) is 0 Å². The molecule has 0 unspecified atom stereocenters. The molecular weight excluding hydrogens is 210 g/mol. The van der Waals surface area contributed by atoms with Crippen LogP contribution in [0.2, 0.25) is 0 Å². The van der Waals surface area contributed by atoms with Gasteiger partial charge in [0, 0.05) is 30.7 Å². The summed E-state index contributed by atoms with van der Waals surface area (Å²) in [5, 5.41) is 9.59. The molecule has 0 saturated heterocycles. The Labute approximate surface area is 104 Å². The summed E-state index contributed by atoms with van der Waals surface area (Å²) in [6, 6.07) is 0. The Morgan fingerprint density at radius 2 is 2.35 bits per heavy atom. The number of dihydropyridines is 1. The van der Waals surface area contributed by atoms with E-state index in [-0.39, 0.29) is 0 Å². The highest BCUT2D eigenvalue weighted by atomic mass is 14.9. The lowest BCUT2D eigenvalue weighted by atomic mass is 10.2. The van der Waals surface area contributed by atoms with Gasteiger partial charge in [-0.3, -0.25) is 0 Å². The van der Waals surface area contributed by atoms with Crippen LogP contribution in [0.15, 0.2) is 60.3 Å². The van der Waals surface area contributed by atoms with E-state index in [0.29, 0.717) is 0 Å². The van der Waals surface area contributed by atoms with E-state index >= 15 is 0 Å². The minimum atomic E-state index is 0.875. The van der Waals surface area contributed by atoms with E-state index in [1.807, 2.05) is 25.4 Å². The standard InChI is InChI=1S/C14H21N3/c1-4-12(15-3)6-7-13(5-2)17-14-8-10-16-11-9-14/h4,6-10,15-17H,1,5,11H2,2-3H3/b12-6+,13-7+. The highest BCUT2D eigenvalue weighted by molar-refractivity contribution is 5.28. The smallest absolute Gasteiger partial charge is 0.0373 e. The molecule has 0 aliphatic carbocycles. The predicted octanol–water partition coefficient (Wildman–Crippen LogP) is 2.16. The zero-order valence-electron chi connectivity index (χ0n) is 10.6. The van der Waals surface area contributed by atoms with Gasteiger partial charge in [0.25, 0.3) is 0 Å². The fourth-order valence-electron chi connectivity index (χ4n) is 1.42. The molecule has 1 aliphatic rings. The van der Waals surface area contributed by atoms with Gasteiger partial charge in [0.15, 0.2) is 0 Å². The molecule has 3 heteroatoms. The summed E-state index contributed by atoms with van der Waals surface area (Å²) >= 11 is 0. The molecule has 0 aromatic rings. The quantitative estimate of drug-likeness (QED) is 0.613. The average Bonchev–Trinajstić information content (AvgIpc) is 2.39. The maximum absolute atomic E-state index is 3.74. The first-order valence-corrected chi connectivity index (χ1v) is 5.88. The second-order valence-corrected chi connectivity index (χ2v) is 3.65. The lowest BCUT2D eigenvalue weighted by Crippen LogP contribution is -2.17. The number of hydrogen-bond donors (Lipinski definition) is 3. The number of rotatable bonds is 6. The first kappa shape index (κ1) is 13.2. The van der Waals surface area contributed by atoms with Gasteiger partial charge < -0.3 is 16.0 Å². The zero-order chi connectivity index (χ0) is 12.5. The van der Waals surface area contributed by atoms with Gasteiger partial charge in [0.1, 0.15) is 0 Å². The van der Waals surface area contributed by atoms with E-state index in [9.17, 15) is 0 Å². The summed E-state index contributed by atoms with van der Waals surface area (Å²) < 4.78 is 0. The van der Waals surface area contributed by atoms with E-state index < -0.39 is 0 Å². The van der Waals surface area contributed by atoms with Crippen LogP contribution in [0.1, 0.15) is 13.3 Å². The Morgan fingerprint density at radius 1 is 1.53 bits per heavy atom. The molecule has 0 bridgehead atoms. The Kier molecular flexibility index (Phi) is 5.72. The Balaban J connectivity index is 2.67. The van der Waals surface area contributed by atoms with Crippen molar-refractivity contribution in [2.24, 2.45) is 0 Å². The molecule has 3 N–H and O–H groups in total. The molecular formula is C14H21N3. The van der Waals surface area contributed by atoms with Gasteiger partial charge in [-0.1, -0.05) is 13.5 Å². The van der Waals surface area contributed by atoms with Crippen LogP contribution in [0.5, 0.6) is 0 Å². The minimum absolute atomic E-state index is 0.875. The molecule has 0 spiro atoms. The van der Waals surface area contributed by atoms with Crippen LogP contribution < -0.4 is 16.0 Å². The molecule has 0 fully saturated rings. The highest BCUT2D eigenvalue weighted by Gasteiger charge is 1.98. The fraction of sp³-hybridized carbons (Fsp3) is 0.286. The molecule has 1 aliphatic heterocycles. The number of nitrogens with one attached hydrogen (secondary N) is 3. The molecule has 0 amide bonds. The van der Waals surface area contributed by atoms with Gasteiger partial charge in [-0.15, -0.1) is 0 Å². The Bertz CT molecular complexity index is 373. The lowest BCUT2D eigenvalue weighted by Gasteiger charge is -2.13. The summed E-state index contributed by atoms with van der Waals surface area (Å²) in [7, 11) is 1.89. The van der Waals surface area contributed by atoms with E-state index in [2.05, 4.69) is 41.6 Å². The summed E-state index contributed by atoms with van der Waals surface area (Å²) in [5.74, 6) is 0. The zero-order valence-corrected chi connectivity index (χ0v) is 10.6. The molecule has 92 valence electrons. The number of likely N-dealkylation sites (N-methyl/N-ethyl adjacent to an activating group) is 1. The third-order valence-electron chi connectivity index (χ3n) is 2.48. The van der Waals surface area contributed by atoms with Crippen molar-refractivity contribution >= 4 is 0 Å². The van der Waals surface area contributed by atoms with Gasteiger partial charge in [0.05, 0.1) is 0 Å². The molecule has 1 rings (SSSR count). The maximum atomic E-state index is 3.74. The van der Waals surface area contributed by atoms with Crippen molar-refractivity contribution in [3.63, 3.8) is 0 Å². The third-order valence-corrected chi connectivity index (χ3v) is 2.48. The van der Waals surface area contributed by atoms with Crippen LogP contribution in [-0.2, 0) is 0 Å². The second-order valence-electron chi connectivity index (χ2n) is 3.65. The average molecular weight is 231 g/mol. The highest BCUT2D eigenvalue weighted by Crippen LogP contribution is 2.04. The van der Waals surface area contributed by atoms with Crippen molar-refractivity contribution in [2.75, 3.05) is 13.6 Å². The van der Waals surface area contributed by atoms with Crippen molar-refractivity contribution in [1.82, 2.24) is 16.0 Å². The van der Waals surface area contributed by atoms with Crippen molar-refractivity contribution in [2.45, 2.75) is 13.3 Å². The van der Waals surface area contributed by atoms with Crippen molar-refractivity contribution in [3.05, 3.63) is 60.3 Å². The van der Waals surface area contributed by atoms with Crippen LogP contribution in [-0.4, -0.2) is 13.6 Å². The van der Waals surface area contributed by atoms with Gasteiger partial charge >= 0.3 is 0 Å². The number of allylic oxidation sites excluding steroid dienone is 5. The Morgan fingerprint density at radius 3 is 2.88 bits per heavy atom. The first-order valence-electron chi connectivity index (χ1n) is 5.88. The van der Waals surface area contributed by atoms with Crippen LogP contribution in [0.4, 0.5) is 0 Å². The maximum Gasteiger partial charge on any atom is 0.0373 e. The summed E-state index contributed by atoms with van der Waals surface area (Å²) in [6.07, 6.45) is 13.0. The van der Waals surface area contributed by atoms with Crippen molar-refractivity contribution in [1.29, 1.82) is 0 Å². The lowest BCUT2D eigenvalue weighted by molar-refractivity contribution is 0.870. The molecule has 0 aromatic carbocycles. The molecule has 1 heterocycles. The topological polar surface area (TPSA) is 36.1 Å². The predicted molar refractivity (Wildman–Crippen MR) is 74.1 cm³/mol. The molecule has 3 nitrogen and oxygen atoms in total. The van der Waals surface area contributed by atoms with Gasteiger partial charge in [0.2, 0.25) is 0 Å². The minimum Gasteiger partial charge on any atom is -0.388 e. The van der Waals surface area contributed by atoms with Crippen molar-refractivity contribution < 1.29 is 0 Å². The molecule has 17 heavy (non-hydrogen) atoms. The van der Waals surface area contributed by atoms with Crippen LogP contribution in [0, 0.1) is 0 Å². The normalized spacial score (nSPS) is 16.0. The summed E-state index contributed by atoms with van der Waals surface area (Å²) in [6.45, 7) is 6.75. The van der Waals surface area contributed by atoms with Gasteiger partial charge in [-0.05, 0) is 43.0 Å². The second kappa shape index (κ2) is 7.39. The first-order chi connectivity index (χ1) is 8.30. The molecule has 0 aromatic heterocycles. The van der Waals surface area contributed by atoms with Crippen LogP contribution >= 0.6 is 0 Å². The van der Waals surface area contributed by atoms with E-state index in [0.717, 1.165) is 24.4 Å². The fourth-order valence-corrected chi connectivity index (χ4v) is 1.42. The van der Waals surface area contributed by atoms with Gasteiger partial charge in [-0.2, -0.15) is 0 Å². The molecule has 0 saturated carbocycles. The summed E-state index contributed by atoms with van der Waals surface area (Å²) in [4.78, 5) is 0. The van der Waals surface area contributed by atoms with E-state index in [4.69, 9.17) is 0 Å². The van der Waals surface area contributed by atoms with E-state index in [1.165, 1.54) is 5.70 Å². The van der Waals surface area contributed by atoms with Gasteiger partial charge in [-0.25, -0.2) is 0 Å². The Hall–Kier alpha value is -1.90. The molecule has 0 radical (unpaired) electrons. The summed E-state index contributed by atoms with van der Waals surface area (Å²) in [5.41, 5.74) is 3.32. The third kappa shape index (κ3) is 4.64. The SMILES string of the molecule is C=C/C(=C\C=C(/CC)NC1=CCNC=C1)NC. The van der Waals surface area contributed by atoms with E-state index in [1.54, 1.807) is 6.08 Å².